The normalized spacial score (nSPS) is 10.2. The van der Waals surface area contributed by atoms with Crippen molar-refractivity contribution in [2.45, 2.75) is 47.5 Å². The highest BCUT2D eigenvalue weighted by atomic mass is 14.8. The molecule has 0 N–H and O–H groups in total. The number of aromatic nitrogens is 3. The number of benzene rings is 2. The Hall–Kier alpha value is -2.81. The van der Waals surface area contributed by atoms with Gasteiger partial charge in [-0.05, 0) is 36.3 Å². The fourth-order valence-electron chi connectivity index (χ4n) is 2.96. The topological polar surface area (TPSA) is 38.7 Å². The van der Waals surface area contributed by atoms with Gasteiger partial charge < -0.3 is 0 Å². The van der Waals surface area contributed by atoms with Crippen LogP contribution in [0.25, 0.3) is 21.7 Å². The van der Waals surface area contributed by atoms with Gasteiger partial charge in [0.05, 0.1) is 5.52 Å². The molecule has 3 heteroatoms. The molecule has 0 aliphatic carbocycles. The Morgan fingerprint density at radius 1 is 0.778 bits per heavy atom. The summed E-state index contributed by atoms with van der Waals surface area (Å²) in [4.78, 5) is 12.6. The predicted octanol–water partition coefficient (Wildman–Crippen LogP) is 6.63. The van der Waals surface area contributed by atoms with E-state index >= 15 is 0 Å². The summed E-state index contributed by atoms with van der Waals surface area (Å²) in [5.74, 6) is 0.540. The quantitative estimate of drug-likeness (QED) is 0.383. The molecule has 0 saturated heterocycles. The van der Waals surface area contributed by atoms with Crippen LogP contribution in [-0.2, 0) is 0 Å². The molecule has 0 spiro atoms. The van der Waals surface area contributed by atoms with E-state index in [2.05, 4.69) is 66.1 Å². The van der Waals surface area contributed by atoms with Crippen molar-refractivity contribution in [3.8, 4) is 0 Å². The Morgan fingerprint density at radius 3 is 2.19 bits per heavy atom. The van der Waals surface area contributed by atoms with Gasteiger partial charge in [0.25, 0.3) is 0 Å². The molecule has 0 saturated carbocycles. The molecule has 0 amide bonds. The molecule has 2 aromatic carbocycles. The molecule has 0 radical (unpaired) electrons. The lowest BCUT2D eigenvalue weighted by molar-refractivity contribution is 0.869. The first-order valence-electron chi connectivity index (χ1n) is 9.57. The Morgan fingerprint density at radius 2 is 1.48 bits per heavy atom. The molecular weight excluding hydrogens is 330 g/mol. The molecule has 140 valence electrons. The average molecular weight is 360 g/mol. The number of pyridine rings is 1. The van der Waals surface area contributed by atoms with Crippen LogP contribution in [0.5, 0.6) is 0 Å². The second-order valence-electron chi connectivity index (χ2n) is 6.53. The summed E-state index contributed by atoms with van der Waals surface area (Å²) in [5, 5.41) is 3.71. The number of fused-ring (bicyclic) bond motifs is 2. The fourth-order valence-corrected chi connectivity index (χ4v) is 2.96. The number of aryl methyl sites for hydroxylation is 2. The molecule has 0 bridgehead atoms. The minimum absolute atomic E-state index is 0.540. The Kier molecular flexibility index (Phi) is 7.42. The maximum absolute atomic E-state index is 4.23. The Labute approximate surface area is 162 Å². The molecule has 2 heterocycles. The molecule has 27 heavy (non-hydrogen) atoms. The smallest absolute Gasteiger partial charge is 0.116 e. The minimum Gasteiger partial charge on any atom is -0.264 e. The number of hydrogen-bond donors (Lipinski definition) is 0. The number of nitrogens with zero attached hydrogens (tertiary/aromatic N) is 3. The van der Waals surface area contributed by atoms with Crippen LogP contribution in [0.1, 0.15) is 50.4 Å². The minimum atomic E-state index is 0.540. The predicted molar refractivity (Wildman–Crippen MR) is 116 cm³/mol. The molecule has 0 fully saturated rings. The van der Waals surface area contributed by atoms with E-state index in [1.165, 1.54) is 21.9 Å². The fraction of sp³-hybridized carbons (Fsp3) is 0.292. The van der Waals surface area contributed by atoms with Gasteiger partial charge >= 0.3 is 0 Å². The summed E-state index contributed by atoms with van der Waals surface area (Å²) in [6, 6.07) is 14.5. The van der Waals surface area contributed by atoms with Crippen LogP contribution in [-0.4, -0.2) is 15.0 Å². The highest BCUT2D eigenvalue weighted by molar-refractivity contribution is 5.85. The van der Waals surface area contributed by atoms with E-state index in [1.807, 2.05) is 45.3 Å². The van der Waals surface area contributed by atoms with Gasteiger partial charge in [0.15, 0.2) is 0 Å². The van der Waals surface area contributed by atoms with Crippen LogP contribution in [0.15, 0.2) is 61.2 Å². The SMILES string of the molecule is CC.CC(C)c1cncc2ccccc12.Cc1ncnc2c(C)cccc12. The van der Waals surface area contributed by atoms with E-state index < -0.39 is 0 Å². The van der Waals surface area contributed by atoms with E-state index in [9.17, 15) is 0 Å². The summed E-state index contributed by atoms with van der Waals surface area (Å²) < 4.78 is 0. The standard InChI is InChI=1S/C12H13N.C10H10N2.C2H6/c1-9(2)12-8-13-7-10-5-3-4-6-11(10)12;1-7-4-3-5-9-8(2)11-6-12-10(7)9;1-2/h3-9H,1-2H3;3-6H,1-2H3;1-2H3. The van der Waals surface area contributed by atoms with Crippen LogP contribution in [0.3, 0.4) is 0 Å². The summed E-state index contributed by atoms with van der Waals surface area (Å²) >= 11 is 0. The van der Waals surface area contributed by atoms with E-state index in [4.69, 9.17) is 0 Å². The lowest BCUT2D eigenvalue weighted by Gasteiger charge is -2.08. The largest absolute Gasteiger partial charge is 0.264 e. The highest BCUT2D eigenvalue weighted by Crippen LogP contribution is 2.23. The van der Waals surface area contributed by atoms with Gasteiger partial charge in [0.1, 0.15) is 6.33 Å². The zero-order chi connectivity index (χ0) is 19.8. The first-order chi connectivity index (χ1) is 13.1. The number of rotatable bonds is 1. The first kappa shape index (κ1) is 20.5. The second-order valence-corrected chi connectivity index (χ2v) is 6.53. The maximum atomic E-state index is 4.23. The number of hydrogen-bond acceptors (Lipinski definition) is 3. The summed E-state index contributed by atoms with van der Waals surface area (Å²) in [7, 11) is 0. The number of para-hydroxylation sites is 1. The Bertz CT molecular complexity index is 960. The van der Waals surface area contributed by atoms with Gasteiger partial charge in [0.2, 0.25) is 0 Å². The lowest BCUT2D eigenvalue weighted by atomic mass is 9.99. The van der Waals surface area contributed by atoms with Gasteiger partial charge in [-0.15, -0.1) is 0 Å². The Balaban J connectivity index is 0.000000178. The molecule has 0 aliphatic heterocycles. The summed E-state index contributed by atoms with van der Waals surface area (Å²) in [6.45, 7) is 12.5. The van der Waals surface area contributed by atoms with Gasteiger partial charge in [-0.25, -0.2) is 9.97 Å². The third-order valence-corrected chi connectivity index (χ3v) is 4.39. The first-order valence-corrected chi connectivity index (χ1v) is 9.57. The van der Waals surface area contributed by atoms with Gasteiger partial charge in [-0.1, -0.05) is 70.2 Å². The molecule has 2 aromatic heterocycles. The van der Waals surface area contributed by atoms with Crippen LogP contribution in [0.4, 0.5) is 0 Å². The van der Waals surface area contributed by atoms with E-state index in [0.29, 0.717) is 5.92 Å². The third kappa shape index (κ3) is 4.88. The van der Waals surface area contributed by atoms with Gasteiger partial charge in [-0.3, -0.25) is 4.98 Å². The van der Waals surface area contributed by atoms with Crippen molar-refractivity contribution in [2.24, 2.45) is 0 Å². The van der Waals surface area contributed by atoms with Crippen molar-refractivity contribution in [1.29, 1.82) is 0 Å². The van der Waals surface area contributed by atoms with E-state index in [1.54, 1.807) is 6.33 Å². The average Bonchev–Trinajstić information content (AvgIpc) is 2.70. The second kappa shape index (κ2) is 9.77. The van der Waals surface area contributed by atoms with Crippen molar-refractivity contribution < 1.29 is 0 Å². The third-order valence-electron chi connectivity index (χ3n) is 4.39. The van der Waals surface area contributed by atoms with Crippen molar-refractivity contribution in [1.82, 2.24) is 15.0 Å². The molecule has 4 rings (SSSR count). The van der Waals surface area contributed by atoms with Crippen LogP contribution < -0.4 is 0 Å². The van der Waals surface area contributed by atoms with Gasteiger partial charge in [-0.2, -0.15) is 0 Å². The van der Waals surface area contributed by atoms with Crippen LogP contribution in [0, 0.1) is 13.8 Å². The molecule has 0 aliphatic rings. The van der Waals surface area contributed by atoms with E-state index in [-0.39, 0.29) is 0 Å². The van der Waals surface area contributed by atoms with Gasteiger partial charge in [0, 0.05) is 28.9 Å². The van der Waals surface area contributed by atoms with Crippen molar-refractivity contribution in [2.75, 3.05) is 0 Å². The van der Waals surface area contributed by atoms with Crippen molar-refractivity contribution in [3.63, 3.8) is 0 Å². The monoisotopic (exact) mass is 359 g/mol. The summed E-state index contributed by atoms with van der Waals surface area (Å²) in [5.41, 5.74) is 4.64. The molecule has 0 unspecified atom stereocenters. The van der Waals surface area contributed by atoms with Crippen LogP contribution >= 0.6 is 0 Å². The molecule has 0 atom stereocenters. The van der Waals surface area contributed by atoms with E-state index in [0.717, 1.165) is 16.6 Å². The molecule has 4 aromatic rings. The zero-order valence-electron chi connectivity index (χ0n) is 17.2. The maximum Gasteiger partial charge on any atom is 0.116 e. The molecular formula is C24H29N3. The van der Waals surface area contributed by atoms with Crippen LogP contribution in [0.2, 0.25) is 0 Å². The summed E-state index contributed by atoms with van der Waals surface area (Å²) in [6.07, 6.45) is 5.50. The lowest BCUT2D eigenvalue weighted by Crippen LogP contribution is -1.90. The van der Waals surface area contributed by atoms with Crippen molar-refractivity contribution in [3.05, 3.63) is 78.0 Å². The van der Waals surface area contributed by atoms with Crippen molar-refractivity contribution >= 4 is 21.7 Å². The molecule has 3 nitrogen and oxygen atoms in total. The highest BCUT2D eigenvalue weighted by Gasteiger charge is 2.03. The zero-order valence-corrected chi connectivity index (χ0v) is 17.2.